The first-order valence-electron chi connectivity index (χ1n) is 7.39. The first-order valence-corrected chi connectivity index (χ1v) is 7.39. The van der Waals surface area contributed by atoms with Crippen LogP contribution < -0.4 is 10.1 Å². The number of benzene rings is 2. The fraction of sp³-hybridized carbons (Fsp3) is 0.278. The minimum absolute atomic E-state index is 0.0188. The highest BCUT2D eigenvalue weighted by molar-refractivity contribution is 5.95. The number of nitrogens with zero attached hydrogens (tertiary/aromatic N) is 1. The largest absolute Gasteiger partial charge is 0.497 e. The maximum Gasteiger partial charge on any atom is 0.242 e. The maximum absolute atomic E-state index is 12.6. The van der Waals surface area contributed by atoms with Gasteiger partial charge in [-0.25, -0.2) is 0 Å². The molecule has 0 fully saturated rings. The van der Waals surface area contributed by atoms with Crippen LogP contribution in [0.25, 0.3) is 0 Å². The lowest BCUT2D eigenvalue weighted by Crippen LogP contribution is -2.45. The van der Waals surface area contributed by atoms with Crippen molar-refractivity contribution in [3.8, 4) is 5.75 Å². The van der Waals surface area contributed by atoms with E-state index in [1.807, 2.05) is 43.4 Å². The van der Waals surface area contributed by atoms with Gasteiger partial charge in [-0.3, -0.25) is 9.69 Å². The second-order valence-electron chi connectivity index (χ2n) is 5.62. The molecule has 1 N–H and O–H groups in total. The Morgan fingerprint density at radius 1 is 1.18 bits per heavy atom. The molecular formula is C18H20N2O2. The van der Waals surface area contributed by atoms with E-state index in [1.165, 1.54) is 11.1 Å². The lowest BCUT2D eigenvalue weighted by molar-refractivity contribution is -0.121. The molecule has 0 saturated heterocycles. The summed E-state index contributed by atoms with van der Waals surface area (Å²) in [5.41, 5.74) is 3.32. The third-order valence-corrected chi connectivity index (χ3v) is 4.12. The van der Waals surface area contributed by atoms with Crippen molar-refractivity contribution < 1.29 is 9.53 Å². The minimum Gasteiger partial charge on any atom is -0.497 e. The zero-order chi connectivity index (χ0) is 15.5. The number of carbonyl (C=O) groups excluding carboxylic acids is 1. The number of hydrogen-bond acceptors (Lipinski definition) is 3. The number of nitrogens with one attached hydrogen (secondary N) is 1. The predicted molar refractivity (Wildman–Crippen MR) is 87.0 cm³/mol. The summed E-state index contributed by atoms with van der Waals surface area (Å²) in [5.74, 6) is 0.755. The molecule has 114 valence electrons. The molecule has 0 radical (unpaired) electrons. The van der Waals surface area contributed by atoms with Crippen LogP contribution in [0.2, 0.25) is 0 Å². The Balaban J connectivity index is 1.75. The second kappa shape index (κ2) is 6.20. The average molecular weight is 296 g/mol. The van der Waals surface area contributed by atoms with Crippen LogP contribution >= 0.6 is 0 Å². The number of likely N-dealkylation sites (N-methyl/N-ethyl adjacent to an activating group) is 1. The van der Waals surface area contributed by atoms with Gasteiger partial charge in [0.15, 0.2) is 0 Å². The van der Waals surface area contributed by atoms with Crippen LogP contribution in [0.15, 0.2) is 48.5 Å². The Hall–Kier alpha value is -2.33. The zero-order valence-electron chi connectivity index (χ0n) is 12.9. The molecule has 4 nitrogen and oxygen atoms in total. The van der Waals surface area contributed by atoms with Crippen LogP contribution in [0.3, 0.4) is 0 Å². The number of ether oxygens (including phenoxy) is 1. The maximum atomic E-state index is 12.6. The summed E-state index contributed by atoms with van der Waals surface area (Å²) in [4.78, 5) is 14.7. The van der Waals surface area contributed by atoms with Gasteiger partial charge in [-0.15, -0.1) is 0 Å². The number of rotatable bonds is 3. The number of methoxy groups -OCH3 is 1. The van der Waals surface area contributed by atoms with Crippen LogP contribution in [-0.2, 0) is 17.8 Å². The van der Waals surface area contributed by atoms with E-state index < -0.39 is 0 Å². The highest BCUT2D eigenvalue weighted by Crippen LogP contribution is 2.23. The van der Waals surface area contributed by atoms with E-state index in [1.54, 1.807) is 7.11 Å². The molecule has 0 bridgehead atoms. The van der Waals surface area contributed by atoms with E-state index in [2.05, 4.69) is 22.3 Å². The van der Waals surface area contributed by atoms with Crippen LogP contribution in [0.4, 0.5) is 5.69 Å². The van der Waals surface area contributed by atoms with Crippen molar-refractivity contribution in [2.75, 3.05) is 19.5 Å². The first kappa shape index (κ1) is 14.6. The van der Waals surface area contributed by atoms with Gasteiger partial charge in [0.05, 0.1) is 13.2 Å². The number of amides is 1. The van der Waals surface area contributed by atoms with E-state index in [4.69, 9.17) is 4.74 Å². The molecule has 22 heavy (non-hydrogen) atoms. The van der Waals surface area contributed by atoms with Gasteiger partial charge in [0, 0.05) is 18.3 Å². The molecule has 1 aliphatic rings. The quantitative estimate of drug-likeness (QED) is 0.947. The molecule has 1 heterocycles. The van der Waals surface area contributed by atoms with Crippen LogP contribution in [0.1, 0.15) is 11.1 Å². The molecule has 1 atom stereocenters. The summed E-state index contributed by atoms with van der Waals surface area (Å²) >= 11 is 0. The summed E-state index contributed by atoms with van der Waals surface area (Å²) < 4.78 is 5.19. The van der Waals surface area contributed by atoms with Gasteiger partial charge in [0.25, 0.3) is 0 Å². The third-order valence-electron chi connectivity index (χ3n) is 4.12. The van der Waals surface area contributed by atoms with Crippen molar-refractivity contribution in [3.63, 3.8) is 0 Å². The lowest BCUT2D eigenvalue weighted by atomic mass is 9.94. The van der Waals surface area contributed by atoms with E-state index in [0.717, 1.165) is 24.4 Å². The fourth-order valence-electron chi connectivity index (χ4n) is 2.87. The topological polar surface area (TPSA) is 41.6 Å². The van der Waals surface area contributed by atoms with Crippen molar-refractivity contribution in [2.24, 2.45) is 0 Å². The number of carbonyl (C=O) groups is 1. The molecule has 1 unspecified atom stereocenters. The van der Waals surface area contributed by atoms with E-state index in [-0.39, 0.29) is 11.9 Å². The van der Waals surface area contributed by atoms with Gasteiger partial charge in [0.2, 0.25) is 5.91 Å². The molecule has 1 amide bonds. The highest BCUT2D eigenvalue weighted by Gasteiger charge is 2.28. The molecule has 0 aromatic heterocycles. The summed E-state index contributed by atoms with van der Waals surface area (Å²) in [5, 5.41) is 2.99. The molecule has 0 saturated carbocycles. The SMILES string of the molecule is COc1cccc(NC(=O)C2Cc3ccccc3CN2C)c1. The molecule has 3 rings (SSSR count). The number of hydrogen-bond donors (Lipinski definition) is 1. The Morgan fingerprint density at radius 2 is 1.95 bits per heavy atom. The van der Waals surface area contributed by atoms with Gasteiger partial charge in [-0.2, -0.15) is 0 Å². The number of fused-ring (bicyclic) bond motifs is 1. The van der Waals surface area contributed by atoms with Gasteiger partial charge < -0.3 is 10.1 Å². The van der Waals surface area contributed by atoms with Crippen LogP contribution in [0.5, 0.6) is 5.75 Å². The standard InChI is InChI=1S/C18H20N2O2/c1-20-12-14-7-4-3-6-13(14)10-17(20)18(21)19-15-8-5-9-16(11-15)22-2/h3-9,11,17H,10,12H2,1-2H3,(H,19,21). The molecule has 0 spiro atoms. The molecule has 2 aromatic carbocycles. The first-order chi connectivity index (χ1) is 10.7. The number of anilines is 1. The van der Waals surface area contributed by atoms with Crippen molar-refractivity contribution in [1.29, 1.82) is 0 Å². The summed E-state index contributed by atoms with van der Waals surface area (Å²) in [6.07, 6.45) is 0.739. The third kappa shape index (κ3) is 2.97. The molecule has 0 aliphatic carbocycles. The molecule has 2 aromatic rings. The van der Waals surface area contributed by atoms with E-state index in [0.29, 0.717) is 0 Å². The Bertz CT molecular complexity index is 684. The van der Waals surface area contributed by atoms with Crippen LogP contribution in [0, 0.1) is 0 Å². The van der Waals surface area contributed by atoms with Gasteiger partial charge in [-0.05, 0) is 36.7 Å². The van der Waals surface area contributed by atoms with Gasteiger partial charge in [-0.1, -0.05) is 30.3 Å². The monoisotopic (exact) mass is 296 g/mol. The normalized spacial score (nSPS) is 17.6. The molecular weight excluding hydrogens is 276 g/mol. The van der Waals surface area contributed by atoms with Crippen molar-refractivity contribution >= 4 is 11.6 Å². The fourth-order valence-corrected chi connectivity index (χ4v) is 2.87. The molecule has 4 heteroatoms. The Morgan fingerprint density at radius 3 is 2.73 bits per heavy atom. The summed E-state index contributed by atoms with van der Waals surface area (Å²) in [6, 6.07) is 15.6. The van der Waals surface area contributed by atoms with Gasteiger partial charge in [0.1, 0.15) is 5.75 Å². The summed E-state index contributed by atoms with van der Waals surface area (Å²) in [7, 11) is 3.61. The Labute approximate surface area is 130 Å². The predicted octanol–water partition coefficient (Wildman–Crippen LogP) is 2.69. The van der Waals surface area contributed by atoms with E-state index >= 15 is 0 Å². The highest BCUT2D eigenvalue weighted by atomic mass is 16.5. The smallest absolute Gasteiger partial charge is 0.242 e. The van der Waals surface area contributed by atoms with E-state index in [9.17, 15) is 4.79 Å². The summed E-state index contributed by atoms with van der Waals surface area (Å²) in [6.45, 7) is 0.798. The molecule has 1 aliphatic heterocycles. The zero-order valence-corrected chi connectivity index (χ0v) is 12.9. The lowest BCUT2D eigenvalue weighted by Gasteiger charge is -2.33. The minimum atomic E-state index is -0.152. The van der Waals surface area contributed by atoms with Crippen molar-refractivity contribution in [1.82, 2.24) is 4.90 Å². The van der Waals surface area contributed by atoms with Crippen molar-refractivity contribution in [3.05, 3.63) is 59.7 Å². The van der Waals surface area contributed by atoms with Crippen LogP contribution in [-0.4, -0.2) is 31.0 Å². The average Bonchev–Trinajstić information content (AvgIpc) is 2.54. The van der Waals surface area contributed by atoms with Gasteiger partial charge >= 0.3 is 0 Å². The Kier molecular flexibility index (Phi) is 4.11. The van der Waals surface area contributed by atoms with Crippen molar-refractivity contribution in [2.45, 2.75) is 19.0 Å². The second-order valence-corrected chi connectivity index (χ2v) is 5.62.